The number of benzene rings is 1. The number of nitrogens with zero attached hydrogens (tertiary/aromatic N) is 4. The highest BCUT2D eigenvalue weighted by Crippen LogP contribution is 2.23. The predicted octanol–water partition coefficient (Wildman–Crippen LogP) is 1.65. The van der Waals surface area contributed by atoms with E-state index in [0.717, 1.165) is 5.52 Å². The number of fused-ring (bicyclic) bond motifs is 1. The Morgan fingerprint density at radius 2 is 2.07 bits per heavy atom. The summed E-state index contributed by atoms with van der Waals surface area (Å²) in [5.41, 5.74) is 0.812. The maximum atomic E-state index is 12.2. The van der Waals surface area contributed by atoms with Crippen LogP contribution >= 0.6 is 23.1 Å². The smallest absolute Gasteiger partial charge is 0.270 e. The zero-order valence-corrected chi connectivity index (χ0v) is 17.0. The zero-order chi connectivity index (χ0) is 20.1. The van der Waals surface area contributed by atoms with E-state index in [1.54, 1.807) is 11.0 Å². The van der Waals surface area contributed by atoms with Crippen molar-refractivity contribution in [1.29, 1.82) is 0 Å². The van der Waals surface area contributed by atoms with Gasteiger partial charge in [0.2, 0.25) is 5.91 Å². The summed E-state index contributed by atoms with van der Waals surface area (Å²) in [4.78, 5) is 41.2. The first-order valence-corrected chi connectivity index (χ1v) is 10.8. The number of non-ortho nitro benzene ring substituents is 1. The van der Waals surface area contributed by atoms with Gasteiger partial charge in [0.25, 0.3) is 11.6 Å². The van der Waals surface area contributed by atoms with Crippen LogP contribution in [0.5, 0.6) is 0 Å². The van der Waals surface area contributed by atoms with Crippen LogP contribution in [0, 0.1) is 10.1 Å². The first kappa shape index (κ1) is 20.5. The summed E-state index contributed by atoms with van der Waals surface area (Å²) >= 11 is 2.48. The molecule has 11 heteroatoms. The number of nitro benzene ring substituents is 1. The Bertz CT molecular complexity index is 962. The molecule has 1 fully saturated rings. The highest BCUT2D eigenvalue weighted by Gasteiger charge is 2.17. The van der Waals surface area contributed by atoms with Gasteiger partial charge >= 0.3 is 0 Å². The highest BCUT2D eigenvalue weighted by atomic mass is 32.2. The van der Waals surface area contributed by atoms with Gasteiger partial charge in [0.1, 0.15) is 0 Å². The van der Waals surface area contributed by atoms with Crippen molar-refractivity contribution in [1.82, 2.24) is 9.47 Å². The van der Waals surface area contributed by atoms with E-state index in [1.807, 2.05) is 11.5 Å². The fourth-order valence-corrected chi connectivity index (χ4v) is 4.68. The molecule has 28 heavy (non-hydrogen) atoms. The minimum absolute atomic E-state index is 0.00102. The van der Waals surface area contributed by atoms with Crippen LogP contribution in [0.15, 0.2) is 23.2 Å². The zero-order valence-electron chi connectivity index (χ0n) is 15.3. The number of thiazole rings is 1. The lowest BCUT2D eigenvalue weighted by molar-refractivity contribution is -0.384. The largest absolute Gasteiger partial charge is 0.378 e. The molecule has 0 atom stereocenters. The summed E-state index contributed by atoms with van der Waals surface area (Å²) in [5.74, 6) is 0.00361. The average molecular weight is 425 g/mol. The van der Waals surface area contributed by atoms with E-state index < -0.39 is 4.92 Å². The minimum atomic E-state index is -0.445. The normalized spacial score (nSPS) is 15.2. The lowest BCUT2D eigenvalue weighted by atomic mass is 10.3. The van der Waals surface area contributed by atoms with Crippen LogP contribution in [0.2, 0.25) is 0 Å². The predicted molar refractivity (Wildman–Crippen MR) is 107 cm³/mol. The van der Waals surface area contributed by atoms with Gasteiger partial charge in [0, 0.05) is 31.8 Å². The minimum Gasteiger partial charge on any atom is -0.378 e. The van der Waals surface area contributed by atoms with Crippen LogP contribution in [0.4, 0.5) is 5.69 Å². The molecule has 2 heterocycles. The first-order chi connectivity index (χ1) is 13.5. The van der Waals surface area contributed by atoms with Gasteiger partial charge in [-0.05, 0) is 13.0 Å². The summed E-state index contributed by atoms with van der Waals surface area (Å²) < 4.78 is 7.78. The summed E-state index contributed by atoms with van der Waals surface area (Å²) in [7, 11) is 0. The highest BCUT2D eigenvalue weighted by molar-refractivity contribution is 8.00. The number of nitro groups is 1. The molecule has 2 amide bonds. The van der Waals surface area contributed by atoms with E-state index in [1.165, 1.54) is 35.2 Å². The molecule has 150 valence electrons. The Kier molecular flexibility index (Phi) is 6.81. The number of hydrogen-bond donors (Lipinski definition) is 0. The third-order valence-electron chi connectivity index (χ3n) is 4.23. The van der Waals surface area contributed by atoms with E-state index in [2.05, 4.69) is 4.99 Å². The Hall–Kier alpha value is -2.24. The number of hydrogen-bond acceptors (Lipinski definition) is 7. The Morgan fingerprint density at radius 3 is 2.75 bits per heavy atom. The van der Waals surface area contributed by atoms with Crippen LogP contribution in [0.25, 0.3) is 10.2 Å². The summed E-state index contributed by atoms with van der Waals surface area (Å²) in [6, 6.07) is 4.61. The van der Waals surface area contributed by atoms with Crippen molar-refractivity contribution in [2.75, 3.05) is 37.8 Å². The van der Waals surface area contributed by atoms with E-state index >= 15 is 0 Å². The Labute approximate surface area is 169 Å². The molecule has 0 radical (unpaired) electrons. The van der Waals surface area contributed by atoms with Crippen LogP contribution in [-0.4, -0.2) is 64.0 Å². The molecule has 1 aromatic carbocycles. The van der Waals surface area contributed by atoms with Crippen molar-refractivity contribution in [2.24, 2.45) is 4.99 Å². The molecule has 1 aliphatic rings. The number of aryl methyl sites for hydroxylation is 1. The van der Waals surface area contributed by atoms with Crippen molar-refractivity contribution < 1.29 is 19.2 Å². The fraction of sp³-hybridized carbons (Fsp3) is 0.471. The van der Waals surface area contributed by atoms with Crippen molar-refractivity contribution in [3.05, 3.63) is 33.1 Å². The molecule has 1 aliphatic heterocycles. The van der Waals surface area contributed by atoms with E-state index in [-0.39, 0.29) is 29.0 Å². The maximum absolute atomic E-state index is 12.2. The lowest BCUT2D eigenvalue weighted by Crippen LogP contribution is -2.41. The monoisotopic (exact) mass is 424 g/mol. The molecule has 2 aromatic rings. The van der Waals surface area contributed by atoms with E-state index in [0.29, 0.717) is 42.3 Å². The van der Waals surface area contributed by atoms with E-state index in [9.17, 15) is 19.7 Å². The lowest BCUT2D eigenvalue weighted by Gasteiger charge is -2.26. The molecular weight excluding hydrogens is 404 g/mol. The van der Waals surface area contributed by atoms with Crippen LogP contribution in [0.1, 0.15) is 6.92 Å². The molecule has 1 aromatic heterocycles. The van der Waals surface area contributed by atoms with Gasteiger partial charge in [-0.1, -0.05) is 11.3 Å². The summed E-state index contributed by atoms with van der Waals surface area (Å²) in [6.45, 7) is 4.78. The number of thioether (sulfide) groups is 1. The SMILES string of the molecule is CCn1c(=NC(=O)CSCC(=O)N2CCOCC2)sc2cc([N+](=O)[O-])ccc21. The number of morpholine rings is 1. The molecule has 3 rings (SSSR count). The van der Waals surface area contributed by atoms with Gasteiger partial charge in [-0.2, -0.15) is 4.99 Å². The molecule has 0 unspecified atom stereocenters. The van der Waals surface area contributed by atoms with Gasteiger partial charge in [0.05, 0.1) is 39.9 Å². The molecule has 0 saturated carbocycles. The van der Waals surface area contributed by atoms with Gasteiger partial charge in [-0.3, -0.25) is 19.7 Å². The van der Waals surface area contributed by atoms with Crippen molar-refractivity contribution in [3.8, 4) is 0 Å². The van der Waals surface area contributed by atoms with Crippen molar-refractivity contribution >= 4 is 50.8 Å². The number of carbonyl (C=O) groups excluding carboxylic acids is 2. The molecule has 0 spiro atoms. The molecule has 0 bridgehead atoms. The van der Waals surface area contributed by atoms with Gasteiger partial charge < -0.3 is 14.2 Å². The second-order valence-corrected chi connectivity index (χ2v) is 8.02. The summed E-state index contributed by atoms with van der Waals surface area (Å²) in [6.07, 6.45) is 0. The number of carbonyl (C=O) groups is 2. The number of rotatable bonds is 6. The van der Waals surface area contributed by atoms with Crippen LogP contribution in [-0.2, 0) is 20.9 Å². The van der Waals surface area contributed by atoms with E-state index in [4.69, 9.17) is 4.74 Å². The molecule has 9 nitrogen and oxygen atoms in total. The quantitative estimate of drug-likeness (QED) is 0.515. The van der Waals surface area contributed by atoms with Gasteiger partial charge in [-0.15, -0.1) is 11.8 Å². The third kappa shape index (κ3) is 4.78. The Morgan fingerprint density at radius 1 is 1.32 bits per heavy atom. The third-order valence-corrected chi connectivity index (χ3v) is 6.17. The second kappa shape index (κ2) is 9.30. The molecule has 1 saturated heterocycles. The van der Waals surface area contributed by atoms with Crippen LogP contribution < -0.4 is 4.80 Å². The van der Waals surface area contributed by atoms with Gasteiger partial charge in [0.15, 0.2) is 4.80 Å². The number of aromatic nitrogens is 1. The Balaban J connectivity index is 1.68. The molecule has 0 aliphatic carbocycles. The van der Waals surface area contributed by atoms with Crippen molar-refractivity contribution in [2.45, 2.75) is 13.5 Å². The van der Waals surface area contributed by atoms with Crippen LogP contribution in [0.3, 0.4) is 0 Å². The molecule has 0 N–H and O–H groups in total. The number of amides is 2. The number of ether oxygens (including phenoxy) is 1. The average Bonchev–Trinajstić information content (AvgIpc) is 3.04. The molecular formula is C17H20N4O5S2. The van der Waals surface area contributed by atoms with Gasteiger partial charge in [-0.25, -0.2) is 0 Å². The second-order valence-electron chi connectivity index (χ2n) is 6.03. The summed E-state index contributed by atoms with van der Waals surface area (Å²) in [5, 5.41) is 11.0. The maximum Gasteiger partial charge on any atom is 0.270 e. The topological polar surface area (TPSA) is 107 Å². The first-order valence-electron chi connectivity index (χ1n) is 8.78. The standard InChI is InChI=1S/C17H20N4O5S2/c1-2-20-13-4-3-12(21(24)25)9-14(13)28-17(20)18-15(22)10-27-11-16(23)19-5-7-26-8-6-19/h3-4,9H,2,5-8,10-11H2,1H3. The fourth-order valence-electron chi connectivity index (χ4n) is 2.84. The van der Waals surface area contributed by atoms with Crippen molar-refractivity contribution in [3.63, 3.8) is 0 Å².